The molecule has 0 nitrogen and oxygen atoms in total. The largest absolute Gasteiger partial charge is 0.0917 e. The second-order valence-corrected chi connectivity index (χ2v) is 5.05. The van der Waals surface area contributed by atoms with Gasteiger partial charge in [0.1, 0.15) is 0 Å². The van der Waals surface area contributed by atoms with Crippen LogP contribution < -0.4 is 0 Å². The monoisotopic (exact) mass is 202 g/mol. The lowest BCUT2D eigenvalue weighted by molar-refractivity contribution is 0.590. The van der Waals surface area contributed by atoms with Crippen LogP contribution in [-0.2, 0) is 11.8 Å². The third-order valence-electron chi connectivity index (χ3n) is 2.66. The van der Waals surface area contributed by atoms with Crippen molar-refractivity contribution in [2.75, 3.05) is 0 Å². The highest BCUT2D eigenvalue weighted by Gasteiger charge is 2.12. The van der Waals surface area contributed by atoms with Crippen LogP contribution in [0.3, 0.4) is 0 Å². The van der Waals surface area contributed by atoms with Gasteiger partial charge in [-0.2, -0.15) is 0 Å². The molecule has 0 unspecified atom stereocenters. The quantitative estimate of drug-likeness (QED) is 0.633. The summed E-state index contributed by atoms with van der Waals surface area (Å²) in [5.41, 5.74) is 3.11. The number of benzene rings is 1. The molecule has 0 saturated heterocycles. The lowest BCUT2D eigenvalue weighted by atomic mass is 9.86. The van der Waals surface area contributed by atoms with E-state index < -0.39 is 0 Å². The maximum Gasteiger partial charge on any atom is -0.0132 e. The van der Waals surface area contributed by atoms with E-state index in [4.69, 9.17) is 0 Å². The third kappa shape index (κ3) is 3.91. The normalized spacial score (nSPS) is 12.3. The summed E-state index contributed by atoms with van der Waals surface area (Å²) in [6, 6.07) is 9.02. The van der Waals surface area contributed by atoms with Gasteiger partial charge in [0.15, 0.2) is 0 Å². The summed E-state index contributed by atoms with van der Waals surface area (Å²) in [7, 11) is 0. The van der Waals surface area contributed by atoms with Crippen LogP contribution in [0.1, 0.15) is 45.2 Å². The molecule has 0 aromatic heterocycles. The van der Waals surface area contributed by atoms with Gasteiger partial charge in [-0.3, -0.25) is 0 Å². The van der Waals surface area contributed by atoms with Gasteiger partial charge in [-0.1, -0.05) is 57.2 Å². The van der Waals surface area contributed by atoms with Gasteiger partial charge in [0, 0.05) is 0 Å². The Morgan fingerprint density at radius 3 is 2.13 bits per heavy atom. The van der Waals surface area contributed by atoms with Gasteiger partial charge in [-0.15, -0.1) is 0 Å². The molecule has 0 N–H and O–H groups in total. The topological polar surface area (TPSA) is 0 Å². The van der Waals surface area contributed by atoms with Gasteiger partial charge in [0.2, 0.25) is 0 Å². The molecule has 0 spiro atoms. The Kier molecular flexibility index (Phi) is 4.14. The van der Waals surface area contributed by atoms with Gasteiger partial charge in [-0.25, -0.2) is 0 Å². The SMILES string of the molecule is C/C=C\CCc1ccc(C(C)(C)C)cc1. The van der Waals surface area contributed by atoms with Crippen LogP contribution in [0.15, 0.2) is 36.4 Å². The summed E-state index contributed by atoms with van der Waals surface area (Å²) in [4.78, 5) is 0. The van der Waals surface area contributed by atoms with Crippen LogP contribution in [-0.4, -0.2) is 0 Å². The minimum absolute atomic E-state index is 0.266. The lowest BCUT2D eigenvalue weighted by Crippen LogP contribution is -2.10. The van der Waals surface area contributed by atoms with Crippen LogP contribution >= 0.6 is 0 Å². The van der Waals surface area contributed by atoms with E-state index in [2.05, 4.69) is 64.1 Å². The average molecular weight is 202 g/mol. The van der Waals surface area contributed by atoms with E-state index in [-0.39, 0.29) is 5.41 Å². The van der Waals surface area contributed by atoms with Gasteiger partial charge >= 0.3 is 0 Å². The van der Waals surface area contributed by atoms with Crippen molar-refractivity contribution in [1.29, 1.82) is 0 Å². The first kappa shape index (κ1) is 12.0. The average Bonchev–Trinajstić information content (AvgIpc) is 2.18. The fourth-order valence-corrected chi connectivity index (χ4v) is 1.59. The van der Waals surface area contributed by atoms with E-state index in [1.54, 1.807) is 0 Å². The summed E-state index contributed by atoms with van der Waals surface area (Å²) in [6.45, 7) is 8.83. The summed E-state index contributed by atoms with van der Waals surface area (Å²) >= 11 is 0. The Hall–Kier alpha value is -1.04. The number of rotatable bonds is 3. The van der Waals surface area contributed by atoms with E-state index in [1.807, 2.05) is 0 Å². The summed E-state index contributed by atoms with van der Waals surface area (Å²) in [6.07, 6.45) is 6.63. The van der Waals surface area contributed by atoms with E-state index in [9.17, 15) is 0 Å². The Morgan fingerprint density at radius 2 is 1.67 bits per heavy atom. The van der Waals surface area contributed by atoms with Crippen LogP contribution in [0.25, 0.3) is 0 Å². The minimum atomic E-state index is 0.266. The van der Waals surface area contributed by atoms with Crippen molar-refractivity contribution >= 4 is 0 Å². The van der Waals surface area contributed by atoms with Crippen molar-refractivity contribution in [3.8, 4) is 0 Å². The Balaban J connectivity index is 2.64. The van der Waals surface area contributed by atoms with Gasteiger partial charge in [0.05, 0.1) is 0 Å². The summed E-state index contributed by atoms with van der Waals surface area (Å²) in [5.74, 6) is 0. The van der Waals surface area contributed by atoms with Crippen LogP contribution in [0.5, 0.6) is 0 Å². The Morgan fingerprint density at radius 1 is 1.07 bits per heavy atom. The van der Waals surface area contributed by atoms with E-state index in [0.717, 1.165) is 12.8 Å². The molecule has 0 bridgehead atoms. The van der Waals surface area contributed by atoms with Crippen molar-refractivity contribution in [3.05, 3.63) is 47.5 Å². The molecule has 15 heavy (non-hydrogen) atoms. The smallest absolute Gasteiger partial charge is 0.0132 e. The van der Waals surface area contributed by atoms with Gasteiger partial charge in [0.25, 0.3) is 0 Å². The first-order chi connectivity index (χ1) is 7.04. The molecule has 0 heteroatoms. The predicted octanol–water partition coefficient (Wildman–Crippen LogP) is 4.49. The molecule has 1 rings (SSSR count). The standard InChI is InChI=1S/C15H22/c1-5-6-7-8-13-9-11-14(12-10-13)15(2,3)4/h5-6,9-12H,7-8H2,1-4H3/b6-5-. The molecule has 0 heterocycles. The Bertz CT molecular complexity index is 309. The third-order valence-corrected chi connectivity index (χ3v) is 2.66. The first-order valence-electron chi connectivity index (χ1n) is 5.74. The van der Waals surface area contributed by atoms with Crippen LogP contribution in [0.4, 0.5) is 0 Å². The molecule has 0 amide bonds. The van der Waals surface area contributed by atoms with Crippen molar-refractivity contribution in [3.63, 3.8) is 0 Å². The Labute approximate surface area is 94.0 Å². The highest BCUT2D eigenvalue weighted by atomic mass is 14.2. The van der Waals surface area contributed by atoms with Crippen LogP contribution in [0.2, 0.25) is 0 Å². The second kappa shape index (κ2) is 5.16. The zero-order valence-electron chi connectivity index (χ0n) is 10.4. The maximum atomic E-state index is 2.25. The summed E-state index contributed by atoms with van der Waals surface area (Å²) < 4.78 is 0. The van der Waals surface area contributed by atoms with Crippen LogP contribution in [0, 0.1) is 0 Å². The number of allylic oxidation sites excluding steroid dienone is 2. The molecule has 1 aromatic rings. The molecule has 82 valence electrons. The van der Waals surface area contributed by atoms with E-state index in [0.29, 0.717) is 0 Å². The highest BCUT2D eigenvalue weighted by Crippen LogP contribution is 2.22. The zero-order valence-corrected chi connectivity index (χ0v) is 10.4. The molecular weight excluding hydrogens is 180 g/mol. The summed E-state index contributed by atoms with van der Waals surface area (Å²) in [5, 5.41) is 0. The van der Waals surface area contributed by atoms with E-state index in [1.165, 1.54) is 11.1 Å². The molecule has 0 aliphatic heterocycles. The highest BCUT2D eigenvalue weighted by molar-refractivity contribution is 5.27. The van der Waals surface area contributed by atoms with Crippen molar-refractivity contribution in [2.24, 2.45) is 0 Å². The lowest BCUT2D eigenvalue weighted by Gasteiger charge is -2.19. The van der Waals surface area contributed by atoms with Gasteiger partial charge in [-0.05, 0) is 36.3 Å². The number of hydrogen-bond donors (Lipinski definition) is 0. The molecule has 0 radical (unpaired) electrons. The van der Waals surface area contributed by atoms with E-state index >= 15 is 0 Å². The maximum absolute atomic E-state index is 2.25. The molecule has 0 aliphatic carbocycles. The first-order valence-corrected chi connectivity index (χ1v) is 5.74. The fourth-order valence-electron chi connectivity index (χ4n) is 1.59. The second-order valence-electron chi connectivity index (χ2n) is 5.05. The molecule has 0 atom stereocenters. The zero-order chi connectivity index (χ0) is 11.3. The fraction of sp³-hybridized carbons (Fsp3) is 0.467. The molecular formula is C15H22. The molecule has 0 saturated carbocycles. The van der Waals surface area contributed by atoms with Crippen molar-refractivity contribution in [2.45, 2.75) is 46.0 Å². The number of aryl methyl sites for hydroxylation is 1. The number of hydrogen-bond acceptors (Lipinski definition) is 0. The predicted molar refractivity (Wildman–Crippen MR) is 68.3 cm³/mol. The molecule has 0 aliphatic rings. The van der Waals surface area contributed by atoms with Crippen molar-refractivity contribution in [1.82, 2.24) is 0 Å². The molecule has 1 aromatic carbocycles. The van der Waals surface area contributed by atoms with Gasteiger partial charge < -0.3 is 0 Å². The minimum Gasteiger partial charge on any atom is -0.0917 e. The molecule has 0 fully saturated rings. The van der Waals surface area contributed by atoms with Crippen molar-refractivity contribution < 1.29 is 0 Å².